The van der Waals surface area contributed by atoms with Crippen molar-refractivity contribution in [3.63, 3.8) is 0 Å². The SMILES string of the molecule is CC1=CC(C)=NC(=O)C1CNC(=O)c1cc2c(c(-c3ccc(N4CCNCC4)nc3)c1)OC(C)(C)C2. The molecule has 3 aliphatic heterocycles. The molecule has 1 atom stereocenters. The third kappa shape index (κ3) is 4.91. The number of pyridine rings is 1. The van der Waals surface area contributed by atoms with E-state index in [2.05, 4.69) is 34.4 Å². The number of fused-ring (bicyclic) bond motifs is 1. The standard InChI is InChI=1S/C28H33N5O3/c1-17-11-18(2)32-27(35)23(17)16-31-26(34)20-12-21-14-28(3,4)36-25(21)22(13-20)19-5-6-24(30-15-19)33-9-7-29-8-10-33/h5-6,11-13,15,23,29H,7-10,14,16H2,1-4H3,(H,31,34). The molecular weight excluding hydrogens is 454 g/mol. The zero-order valence-corrected chi connectivity index (χ0v) is 21.4. The number of benzene rings is 1. The van der Waals surface area contributed by atoms with E-state index < -0.39 is 5.92 Å². The van der Waals surface area contributed by atoms with Crippen LogP contribution < -0.4 is 20.3 Å². The molecule has 0 radical (unpaired) electrons. The fraction of sp³-hybridized carbons (Fsp3) is 0.429. The first-order valence-electron chi connectivity index (χ1n) is 12.5. The molecule has 8 nitrogen and oxygen atoms in total. The van der Waals surface area contributed by atoms with E-state index in [0.29, 0.717) is 17.7 Å². The number of rotatable bonds is 5. The van der Waals surface area contributed by atoms with Crippen molar-refractivity contribution >= 4 is 23.3 Å². The number of hydrogen-bond acceptors (Lipinski definition) is 6. The summed E-state index contributed by atoms with van der Waals surface area (Å²) in [5.74, 6) is 0.884. The molecule has 1 aromatic carbocycles. The lowest BCUT2D eigenvalue weighted by atomic mass is 9.94. The number of ether oxygens (including phenoxy) is 1. The Kier molecular flexibility index (Phi) is 6.38. The van der Waals surface area contributed by atoms with Crippen LogP contribution in [0, 0.1) is 5.92 Å². The summed E-state index contributed by atoms with van der Waals surface area (Å²) in [6.45, 7) is 11.8. The van der Waals surface area contributed by atoms with Crippen LogP contribution in [0.2, 0.25) is 0 Å². The van der Waals surface area contributed by atoms with Crippen molar-refractivity contribution < 1.29 is 14.3 Å². The molecule has 2 N–H and O–H groups in total. The van der Waals surface area contributed by atoms with Gasteiger partial charge in [-0.15, -0.1) is 0 Å². The number of nitrogens with zero attached hydrogens (tertiary/aromatic N) is 3. The Morgan fingerprint density at radius 2 is 2.00 bits per heavy atom. The number of anilines is 1. The molecule has 36 heavy (non-hydrogen) atoms. The van der Waals surface area contributed by atoms with Gasteiger partial charge in [0.15, 0.2) is 0 Å². The molecule has 1 unspecified atom stereocenters. The normalized spacial score (nSPS) is 20.8. The van der Waals surface area contributed by atoms with Gasteiger partial charge in [-0.25, -0.2) is 9.98 Å². The van der Waals surface area contributed by atoms with E-state index in [1.54, 1.807) is 6.92 Å². The first kappa shape index (κ1) is 24.2. The molecule has 5 rings (SSSR count). The van der Waals surface area contributed by atoms with Gasteiger partial charge in [-0.1, -0.05) is 5.57 Å². The van der Waals surface area contributed by atoms with Gasteiger partial charge in [0.05, 0.1) is 5.92 Å². The van der Waals surface area contributed by atoms with Crippen LogP contribution >= 0.6 is 0 Å². The monoisotopic (exact) mass is 487 g/mol. The van der Waals surface area contributed by atoms with Gasteiger partial charge in [-0.2, -0.15) is 0 Å². The molecule has 0 bridgehead atoms. The van der Waals surface area contributed by atoms with E-state index in [-0.39, 0.29) is 24.0 Å². The zero-order chi connectivity index (χ0) is 25.4. The average molecular weight is 488 g/mol. The van der Waals surface area contributed by atoms with Crippen molar-refractivity contribution in [2.45, 2.75) is 39.7 Å². The lowest BCUT2D eigenvalue weighted by Crippen LogP contribution is -2.43. The number of amides is 2. The number of piperazine rings is 1. The lowest BCUT2D eigenvalue weighted by Gasteiger charge is -2.28. The maximum Gasteiger partial charge on any atom is 0.254 e. The number of aliphatic imine (C=N–C) groups is 1. The number of aromatic nitrogens is 1. The number of dihydropyridines is 1. The summed E-state index contributed by atoms with van der Waals surface area (Å²) in [6.07, 6.45) is 4.46. The molecule has 1 fully saturated rings. The molecule has 0 spiro atoms. The first-order valence-corrected chi connectivity index (χ1v) is 12.5. The fourth-order valence-corrected chi connectivity index (χ4v) is 5.14. The van der Waals surface area contributed by atoms with Crippen molar-refractivity contribution in [2.24, 2.45) is 10.9 Å². The molecule has 2 aromatic rings. The average Bonchev–Trinajstić information content (AvgIpc) is 3.17. The largest absolute Gasteiger partial charge is 0.487 e. The van der Waals surface area contributed by atoms with Gasteiger partial charge < -0.3 is 20.3 Å². The Labute approximate surface area is 211 Å². The quantitative estimate of drug-likeness (QED) is 0.673. The summed E-state index contributed by atoms with van der Waals surface area (Å²) in [4.78, 5) is 36.6. The predicted molar refractivity (Wildman–Crippen MR) is 141 cm³/mol. The van der Waals surface area contributed by atoms with E-state index in [1.807, 2.05) is 43.5 Å². The molecule has 8 heteroatoms. The Balaban J connectivity index is 1.40. The second-order valence-corrected chi connectivity index (χ2v) is 10.4. The van der Waals surface area contributed by atoms with E-state index in [0.717, 1.165) is 60.0 Å². The van der Waals surface area contributed by atoms with E-state index >= 15 is 0 Å². The predicted octanol–water partition coefficient (Wildman–Crippen LogP) is 3.17. The third-order valence-corrected chi connectivity index (χ3v) is 6.96. The maximum absolute atomic E-state index is 13.2. The highest BCUT2D eigenvalue weighted by Gasteiger charge is 2.33. The minimum Gasteiger partial charge on any atom is -0.487 e. The van der Waals surface area contributed by atoms with Crippen LogP contribution in [0.5, 0.6) is 5.75 Å². The van der Waals surface area contributed by atoms with Crippen molar-refractivity contribution in [3.05, 3.63) is 53.2 Å². The highest BCUT2D eigenvalue weighted by molar-refractivity contribution is 6.06. The van der Waals surface area contributed by atoms with Crippen LogP contribution in [0.25, 0.3) is 11.1 Å². The Morgan fingerprint density at radius 3 is 2.69 bits per heavy atom. The van der Waals surface area contributed by atoms with Gasteiger partial charge in [0.1, 0.15) is 17.2 Å². The Bertz CT molecular complexity index is 1260. The van der Waals surface area contributed by atoms with Crippen LogP contribution in [0.1, 0.15) is 43.6 Å². The summed E-state index contributed by atoms with van der Waals surface area (Å²) >= 11 is 0. The highest BCUT2D eigenvalue weighted by Crippen LogP contribution is 2.43. The highest BCUT2D eigenvalue weighted by atomic mass is 16.5. The number of allylic oxidation sites excluding steroid dienone is 1. The van der Waals surface area contributed by atoms with Crippen LogP contribution in [-0.2, 0) is 11.2 Å². The van der Waals surface area contributed by atoms with Crippen molar-refractivity contribution in [2.75, 3.05) is 37.6 Å². The third-order valence-electron chi connectivity index (χ3n) is 6.96. The molecule has 1 aromatic heterocycles. The van der Waals surface area contributed by atoms with Gasteiger partial charge >= 0.3 is 0 Å². The fourth-order valence-electron chi connectivity index (χ4n) is 5.14. The van der Waals surface area contributed by atoms with E-state index in [9.17, 15) is 9.59 Å². The first-order chi connectivity index (χ1) is 17.2. The minimum absolute atomic E-state index is 0.214. The second-order valence-electron chi connectivity index (χ2n) is 10.4. The van der Waals surface area contributed by atoms with Gasteiger partial charge in [0.2, 0.25) is 0 Å². The van der Waals surface area contributed by atoms with Gasteiger partial charge in [-0.05, 0) is 63.6 Å². The minimum atomic E-state index is -0.435. The maximum atomic E-state index is 13.2. The summed E-state index contributed by atoms with van der Waals surface area (Å²) in [5, 5.41) is 6.31. The van der Waals surface area contributed by atoms with Crippen LogP contribution in [0.4, 0.5) is 5.82 Å². The topological polar surface area (TPSA) is 95.9 Å². The van der Waals surface area contributed by atoms with E-state index in [1.165, 1.54) is 0 Å². The molecule has 2 amide bonds. The van der Waals surface area contributed by atoms with Crippen molar-refractivity contribution in [1.29, 1.82) is 0 Å². The summed E-state index contributed by atoms with van der Waals surface area (Å²) < 4.78 is 6.31. The number of carbonyl (C=O) groups excluding carboxylic acids is 2. The molecule has 1 saturated heterocycles. The molecule has 188 valence electrons. The number of carbonyl (C=O) groups is 2. The van der Waals surface area contributed by atoms with Crippen molar-refractivity contribution in [1.82, 2.24) is 15.6 Å². The molecule has 0 aliphatic carbocycles. The Morgan fingerprint density at radius 1 is 1.22 bits per heavy atom. The van der Waals surface area contributed by atoms with Crippen LogP contribution in [0.15, 0.2) is 47.1 Å². The van der Waals surface area contributed by atoms with Crippen LogP contribution in [0.3, 0.4) is 0 Å². The van der Waals surface area contributed by atoms with E-state index in [4.69, 9.17) is 9.72 Å². The summed E-state index contributed by atoms with van der Waals surface area (Å²) in [5.41, 5.74) is 4.55. The van der Waals surface area contributed by atoms with Crippen LogP contribution in [-0.4, -0.2) is 60.8 Å². The summed E-state index contributed by atoms with van der Waals surface area (Å²) in [7, 11) is 0. The molecular formula is C28H33N5O3. The number of nitrogens with one attached hydrogen (secondary N) is 2. The van der Waals surface area contributed by atoms with Crippen molar-refractivity contribution in [3.8, 4) is 16.9 Å². The van der Waals surface area contributed by atoms with Gasteiger partial charge in [0, 0.05) is 67.7 Å². The van der Waals surface area contributed by atoms with Gasteiger partial charge in [-0.3, -0.25) is 9.59 Å². The smallest absolute Gasteiger partial charge is 0.254 e. The summed E-state index contributed by atoms with van der Waals surface area (Å²) in [6, 6.07) is 7.85. The molecule has 3 aliphatic rings. The number of hydrogen-bond donors (Lipinski definition) is 2. The lowest BCUT2D eigenvalue weighted by molar-refractivity contribution is -0.120. The molecule has 0 saturated carbocycles. The molecule has 4 heterocycles. The second kappa shape index (κ2) is 9.50. The zero-order valence-electron chi connectivity index (χ0n) is 21.4. The van der Waals surface area contributed by atoms with Gasteiger partial charge in [0.25, 0.3) is 11.8 Å². The Hall–Kier alpha value is -3.52.